The zero-order valence-electron chi connectivity index (χ0n) is 9.06. The molecule has 0 aromatic heterocycles. The molecule has 1 aromatic rings. The number of carbonyl (C=O) groups excluding carboxylic acids is 1. The van der Waals surface area contributed by atoms with Crippen molar-refractivity contribution in [3.05, 3.63) is 35.4 Å². The van der Waals surface area contributed by atoms with Crippen molar-refractivity contribution in [2.24, 2.45) is 0 Å². The van der Waals surface area contributed by atoms with Gasteiger partial charge in [-0.3, -0.25) is 4.90 Å². The van der Waals surface area contributed by atoms with Crippen molar-refractivity contribution in [2.45, 2.75) is 19.5 Å². The van der Waals surface area contributed by atoms with E-state index in [2.05, 4.69) is 6.07 Å². The summed E-state index contributed by atoms with van der Waals surface area (Å²) in [5, 5.41) is 0. The summed E-state index contributed by atoms with van der Waals surface area (Å²) in [7, 11) is 1.95. The Hall–Kier alpha value is -1.35. The van der Waals surface area contributed by atoms with E-state index in [0.717, 1.165) is 12.1 Å². The molecule has 3 nitrogen and oxygen atoms in total. The summed E-state index contributed by atoms with van der Waals surface area (Å²) in [6.45, 7) is 3.09. The van der Waals surface area contributed by atoms with Crippen molar-refractivity contribution in [1.82, 2.24) is 4.90 Å². The molecule has 0 saturated carbocycles. The highest BCUT2D eigenvalue weighted by atomic mass is 16.5. The average molecular weight is 205 g/mol. The molecule has 0 amide bonds. The van der Waals surface area contributed by atoms with E-state index in [1.165, 1.54) is 5.56 Å². The molecular weight excluding hydrogens is 190 g/mol. The number of benzene rings is 1. The lowest BCUT2D eigenvalue weighted by Crippen LogP contribution is -2.26. The molecule has 0 N–H and O–H groups in total. The van der Waals surface area contributed by atoms with Crippen LogP contribution in [0.4, 0.5) is 0 Å². The van der Waals surface area contributed by atoms with Crippen LogP contribution in [-0.2, 0) is 16.1 Å². The topological polar surface area (TPSA) is 29.5 Å². The first kappa shape index (κ1) is 10.2. The van der Waals surface area contributed by atoms with Crippen molar-refractivity contribution >= 4 is 5.97 Å². The van der Waals surface area contributed by atoms with E-state index >= 15 is 0 Å². The highest BCUT2D eigenvalue weighted by Crippen LogP contribution is 2.32. The van der Waals surface area contributed by atoms with Gasteiger partial charge in [0.05, 0.1) is 6.61 Å². The minimum atomic E-state index is -0.221. The Bertz CT molecular complexity index is 376. The third-order valence-corrected chi connectivity index (χ3v) is 2.72. The van der Waals surface area contributed by atoms with E-state index in [4.69, 9.17) is 4.74 Å². The van der Waals surface area contributed by atoms with Gasteiger partial charge in [-0.15, -0.1) is 0 Å². The van der Waals surface area contributed by atoms with Crippen molar-refractivity contribution < 1.29 is 9.53 Å². The van der Waals surface area contributed by atoms with Crippen LogP contribution < -0.4 is 0 Å². The summed E-state index contributed by atoms with van der Waals surface area (Å²) in [6, 6.07) is 7.80. The minimum Gasteiger partial charge on any atom is -0.465 e. The highest BCUT2D eigenvalue weighted by Gasteiger charge is 2.33. The molecule has 0 radical (unpaired) electrons. The van der Waals surface area contributed by atoms with Crippen molar-refractivity contribution in [3.63, 3.8) is 0 Å². The van der Waals surface area contributed by atoms with E-state index in [1.54, 1.807) is 0 Å². The molecule has 1 aromatic carbocycles. The molecule has 0 spiro atoms. The van der Waals surface area contributed by atoms with Crippen LogP contribution in [-0.4, -0.2) is 24.5 Å². The lowest BCUT2D eigenvalue weighted by atomic mass is 10.1. The first-order chi connectivity index (χ1) is 7.24. The Morgan fingerprint density at radius 2 is 2.27 bits per heavy atom. The first-order valence-electron chi connectivity index (χ1n) is 5.18. The lowest BCUT2D eigenvalue weighted by molar-refractivity contribution is -0.148. The summed E-state index contributed by atoms with van der Waals surface area (Å²) < 4.78 is 5.07. The smallest absolute Gasteiger partial charge is 0.328 e. The second-order valence-electron chi connectivity index (χ2n) is 3.77. The minimum absolute atomic E-state index is 0.148. The number of esters is 1. The Labute approximate surface area is 89.7 Å². The first-order valence-corrected chi connectivity index (χ1v) is 5.18. The number of ether oxygens (including phenoxy) is 1. The molecule has 1 heterocycles. The number of nitrogens with zero attached hydrogens (tertiary/aromatic N) is 1. The van der Waals surface area contributed by atoms with Crippen LogP contribution in [0.3, 0.4) is 0 Å². The van der Waals surface area contributed by atoms with Crippen molar-refractivity contribution in [1.29, 1.82) is 0 Å². The van der Waals surface area contributed by atoms with Crippen molar-refractivity contribution in [3.8, 4) is 0 Å². The second kappa shape index (κ2) is 4.03. The molecule has 2 rings (SSSR count). The molecular formula is C12H15NO2. The van der Waals surface area contributed by atoms with E-state index in [0.29, 0.717) is 6.61 Å². The summed E-state index contributed by atoms with van der Waals surface area (Å²) in [6.07, 6.45) is 0. The fraction of sp³-hybridized carbons (Fsp3) is 0.417. The molecule has 1 atom stereocenters. The van der Waals surface area contributed by atoms with E-state index in [-0.39, 0.29) is 12.0 Å². The molecule has 0 bridgehead atoms. The van der Waals surface area contributed by atoms with Crippen LogP contribution >= 0.6 is 0 Å². The van der Waals surface area contributed by atoms with Gasteiger partial charge in [0, 0.05) is 6.54 Å². The molecule has 80 valence electrons. The zero-order chi connectivity index (χ0) is 10.8. The molecule has 0 fully saturated rings. The van der Waals surface area contributed by atoms with Crippen LogP contribution in [0.15, 0.2) is 24.3 Å². The SMILES string of the molecule is CCOC(=O)C1c2ccccc2CN1C. The van der Waals surface area contributed by atoms with Crippen LogP contribution in [0.5, 0.6) is 0 Å². The van der Waals surface area contributed by atoms with Crippen LogP contribution in [0.25, 0.3) is 0 Å². The van der Waals surface area contributed by atoms with Gasteiger partial charge in [0.2, 0.25) is 0 Å². The van der Waals surface area contributed by atoms with Gasteiger partial charge in [-0.2, -0.15) is 0 Å². The highest BCUT2D eigenvalue weighted by molar-refractivity contribution is 5.79. The average Bonchev–Trinajstić information content (AvgIpc) is 2.54. The summed E-state index contributed by atoms with van der Waals surface area (Å²) in [4.78, 5) is 13.8. The van der Waals surface area contributed by atoms with E-state index < -0.39 is 0 Å². The summed E-state index contributed by atoms with van der Waals surface area (Å²) in [5.74, 6) is -0.148. The molecule has 0 aliphatic carbocycles. The van der Waals surface area contributed by atoms with Gasteiger partial charge in [-0.05, 0) is 25.1 Å². The fourth-order valence-electron chi connectivity index (χ4n) is 2.07. The predicted octanol–water partition coefficient (Wildman–Crippen LogP) is 1.74. The maximum Gasteiger partial charge on any atom is 0.328 e. The maximum atomic E-state index is 11.8. The fourth-order valence-corrected chi connectivity index (χ4v) is 2.07. The monoisotopic (exact) mass is 205 g/mol. The maximum absolute atomic E-state index is 11.8. The number of likely N-dealkylation sites (N-methyl/N-ethyl adjacent to an activating group) is 1. The molecule has 1 unspecified atom stereocenters. The Kier molecular flexibility index (Phi) is 2.73. The molecule has 1 aliphatic rings. The van der Waals surface area contributed by atoms with Gasteiger partial charge in [0.1, 0.15) is 6.04 Å². The van der Waals surface area contributed by atoms with Gasteiger partial charge >= 0.3 is 5.97 Å². The summed E-state index contributed by atoms with van der Waals surface area (Å²) in [5.41, 5.74) is 2.30. The third kappa shape index (κ3) is 1.75. The van der Waals surface area contributed by atoms with Crippen LogP contribution in [0.2, 0.25) is 0 Å². The largest absolute Gasteiger partial charge is 0.465 e. The quantitative estimate of drug-likeness (QED) is 0.689. The normalized spacial score (nSPS) is 20.0. The molecule has 3 heteroatoms. The van der Waals surface area contributed by atoms with Crippen LogP contribution in [0.1, 0.15) is 24.1 Å². The van der Waals surface area contributed by atoms with Gasteiger partial charge < -0.3 is 4.74 Å². The second-order valence-corrected chi connectivity index (χ2v) is 3.77. The third-order valence-electron chi connectivity index (χ3n) is 2.72. The Morgan fingerprint density at radius 3 is 3.00 bits per heavy atom. The van der Waals surface area contributed by atoms with E-state index in [9.17, 15) is 4.79 Å². The number of hydrogen-bond donors (Lipinski definition) is 0. The van der Waals surface area contributed by atoms with Crippen LogP contribution in [0, 0.1) is 0 Å². The molecule has 1 aliphatic heterocycles. The van der Waals surface area contributed by atoms with Gasteiger partial charge in [0.25, 0.3) is 0 Å². The Morgan fingerprint density at radius 1 is 1.53 bits per heavy atom. The van der Waals surface area contributed by atoms with Gasteiger partial charge in [-0.25, -0.2) is 4.79 Å². The number of fused-ring (bicyclic) bond motifs is 1. The van der Waals surface area contributed by atoms with Crippen molar-refractivity contribution in [2.75, 3.05) is 13.7 Å². The number of carbonyl (C=O) groups is 1. The van der Waals surface area contributed by atoms with Gasteiger partial charge in [0.15, 0.2) is 0 Å². The lowest BCUT2D eigenvalue weighted by Gasteiger charge is -2.18. The number of rotatable bonds is 2. The standard InChI is InChI=1S/C12H15NO2/c1-3-15-12(14)11-10-7-5-4-6-9(10)8-13(11)2/h4-7,11H,3,8H2,1-2H3. The number of hydrogen-bond acceptors (Lipinski definition) is 3. The van der Waals surface area contributed by atoms with E-state index in [1.807, 2.05) is 37.1 Å². The zero-order valence-corrected chi connectivity index (χ0v) is 9.06. The Balaban J connectivity index is 2.29. The molecule has 15 heavy (non-hydrogen) atoms. The van der Waals surface area contributed by atoms with Gasteiger partial charge in [-0.1, -0.05) is 24.3 Å². The predicted molar refractivity (Wildman–Crippen MR) is 57.3 cm³/mol. The summed E-state index contributed by atoms with van der Waals surface area (Å²) >= 11 is 0. The molecule has 0 saturated heterocycles.